The van der Waals surface area contributed by atoms with Crippen molar-refractivity contribution in [3.05, 3.63) is 30.7 Å². The number of sulfonamides is 1. The normalized spacial score (nSPS) is 12.6. The van der Waals surface area contributed by atoms with Gasteiger partial charge in [-0.25, -0.2) is 13.1 Å². The molecule has 0 saturated heterocycles. The molecule has 0 spiro atoms. The number of nitrogen functional groups attached to an aromatic ring is 1. The Bertz CT molecular complexity index is 1010. The number of nitrogens with two attached hydrogens (primary N) is 1. The van der Waals surface area contributed by atoms with E-state index in [9.17, 15) is 8.42 Å². The minimum atomic E-state index is -3.67. The fourth-order valence-electron chi connectivity index (χ4n) is 2.14. The maximum atomic E-state index is 12.4. The number of pyridine rings is 1. The van der Waals surface area contributed by atoms with Gasteiger partial charge in [-0.05, 0) is 32.9 Å². The Labute approximate surface area is 139 Å². The summed E-state index contributed by atoms with van der Waals surface area (Å²) in [5.41, 5.74) is 6.67. The summed E-state index contributed by atoms with van der Waals surface area (Å²) in [7, 11) is -3.67. The van der Waals surface area contributed by atoms with E-state index in [1.807, 2.05) is 0 Å². The van der Waals surface area contributed by atoms with Gasteiger partial charge in [-0.1, -0.05) is 0 Å². The van der Waals surface area contributed by atoms with Crippen molar-refractivity contribution < 1.29 is 8.42 Å². The summed E-state index contributed by atoms with van der Waals surface area (Å²) in [5, 5.41) is 8.00. The molecular formula is C14H17N7O2S. The van der Waals surface area contributed by atoms with Gasteiger partial charge in [-0.15, -0.1) is 9.73 Å². The Kier molecular flexibility index (Phi) is 3.73. The number of nitrogens with one attached hydrogen (secondary N) is 1. The maximum absolute atomic E-state index is 12.4. The second-order valence-corrected chi connectivity index (χ2v) is 8.01. The topological polar surface area (TPSA) is 128 Å². The largest absolute Gasteiger partial charge is 0.366 e. The first-order valence-corrected chi connectivity index (χ1v) is 8.60. The summed E-state index contributed by atoms with van der Waals surface area (Å²) < 4.78 is 28.8. The van der Waals surface area contributed by atoms with Crippen molar-refractivity contribution >= 4 is 21.6 Å². The van der Waals surface area contributed by atoms with E-state index in [1.165, 1.54) is 16.9 Å². The fourth-order valence-corrected chi connectivity index (χ4v) is 3.55. The number of fused-ring (bicyclic) bond motifs is 1. The minimum absolute atomic E-state index is 0.0794. The number of hydrogen-bond donors (Lipinski definition) is 2. The van der Waals surface area contributed by atoms with Gasteiger partial charge in [-0.2, -0.15) is 10.1 Å². The molecule has 3 rings (SSSR count). The molecule has 0 radical (unpaired) electrons. The molecule has 0 saturated carbocycles. The van der Waals surface area contributed by atoms with Gasteiger partial charge in [0.05, 0.1) is 6.20 Å². The lowest BCUT2D eigenvalue weighted by Gasteiger charge is -2.20. The molecule has 3 aromatic heterocycles. The van der Waals surface area contributed by atoms with Crippen LogP contribution in [0.25, 0.3) is 16.8 Å². The second kappa shape index (κ2) is 5.49. The Morgan fingerprint density at radius 3 is 2.54 bits per heavy atom. The third-order valence-electron chi connectivity index (χ3n) is 3.02. The lowest BCUT2D eigenvalue weighted by Crippen LogP contribution is -2.40. The first-order valence-electron chi connectivity index (χ1n) is 7.12. The van der Waals surface area contributed by atoms with Crippen molar-refractivity contribution in [2.24, 2.45) is 0 Å². The summed E-state index contributed by atoms with van der Waals surface area (Å²) in [5.74, 6) is 0.114. The molecule has 10 heteroatoms. The highest BCUT2D eigenvalue weighted by molar-refractivity contribution is 7.89. The third kappa shape index (κ3) is 3.34. The molecule has 0 aliphatic carbocycles. The van der Waals surface area contributed by atoms with Crippen molar-refractivity contribution in [3.63, 3.8) is 0 Å². The summed E-state index contributed by atoms with van der Waals surface area (Å²) in [6.45, 7) is 5.32. The van der Waals surface area contributed by atoms with E-state index >= 15 is 0 Å². The van der Waals surface area contributed by atoms with Crippen LogP contribution in [0.2, 0.25) is 0 Å². The number of nitrogens with zero attached hydrogens (tertiary/aromatic N) is 5. The smallest absolute Gasteiger partial charge is 0.242 e. The van der Waals surface area contributed by atoms with Crippen LogP contribution >= 0.6 is 0 Å². The molecule has 0 unspecified atom stereocenters. The number of rotatable bonds is 3. The van der Waals surface area contributed by atoms with Crippen LogP contribution in [0.1, 0.15) is 20.8 Å². The molecule has 126 valence electrons. The van der Waals surface area contributed by atoms with Crippen molar-refractivity contribution in [1.82, 2.24) is 29.5 Å². The molecule has 0 aliphatic rings. The van der Waals surface area contributed by atoms with Crippen LogP contribution in [0.15, 0.2) is 35.6 Å². The zero-order valence-corrected chi connectivity index (χ0v) is 14.2. The summed E-state index contributed by atoms with van der Waals surface area (Å²) in [6, 6.07) is 3.25. The van der Waals surface area contributed by atoms with Crippen molar-refractivity contribution in [3.8, 4) is 11.1 Å². The first kappa shape index (κ1) is 16.3. The Morgan fingerprint density at radius 2 is 1.83 bits per heavy atom. The molecule has 0 bridgehead atoms. The van der Waals surface area contributed by atoms with Crippen LogP contribution in [0.5, 0.6) is 0 Å². The third-order valence-corrected chi connectivity index (χ3v) is 4.74. The average molecular weight is 347 g/mol. The molecule has 3 heterocycles. The molecule has 0 fully saturated rings. The standard InChI is InChI=1S/C14H17N7O2S/c1-14(2,3)20-24(22,23)11-4-9(6-16-8-11)10-5-12-18-13(15)19-21(12)17-7-10/h4-8,20H,1-3H3,(H2,15,19). The van der Waals surface area contributed by atoms with E-state index in [0.29, 0.717) is 16.8 Å². The van der Waals surface area contributed by atoms with E-state index in [1.54, 1.807) is 39.2 Å². The predicted molar refractivity (Wildman–Crippen MR) is 88.5 cm³/mol. The number of aromatic nitrogens is 5. The van der Waals surface area contributed by atoms with Gasteiger partial charge in [0.25, 0.3) is 0 Å². The van der Waals surface area contributed by atoms with E-state index in [2.05, 4.69) is 24.9 Å². The molecule has 0 aromatic carbocycles. The van der Waals surface area contributed by atoms with E-state index < -0.39 is 15.6 Å². The van der Waals surface area contributed by atoms with Crippen LogP contribution in [0, 0.1) is 0 Å². The summed E-state index contributed by atoms with van der Waals surface area (Å²) in [4.78, 5) is 8.14. The van der Waals surface area contributed by atoms with Gasteiger partial charge >= 0.3 is 0 Å². The lowest BCUT2D eigenvalue weighted by atomic mass is 10.1. The maximum Gasteiger partial charge on any atom is 0.242 e. The van der Waals surface area contributed by atoms with Gasteiger partial charge in [0.1, 0.15) is 4.90 Å². The van der Waals surface area contributed by atoms with Gasteiger partial charge in [-0.3, -0.25) is 4.98 Å². The lowest BCUT2D eigenvalue weighted by molar-refractivity contribution is 0.491. The van der Waals surface area contributed by atoms with Gasteiger partial charge in [0.15, 0.2) is 5.65 Å². The highest BCUT2D eigenvalue weighted by Crippen LogP contribution is 2.22. The monoisotopic (exact) mass is 347 g/mol. The number of anilines is 1. The van der Waals surface area contributed by atoms with Crippen LogP contribution in [0.3, 0.4) is 0 Å². The van der Waals surface area contributed by atoms with Crippen LogP contribution in [0.4, 0.5) is 5.95 Å². The second-order valence-electron chi connectivity index (χ2n) is 6.33. The number of hydrogen-bond acceptors (Lipinski definition) is 7. The predicted octanol–water partition coefficient (Wildman–Crippen LogP) is 0.845. The molecule has 3 aromatic rings. The van der Waals surface area contributed by atoms with Gasteiger partial charge < -0.3 is 5.73 Å². The highest BCUT2D eigenvalue weighted by Gasteiger charge is 2.22. The van der Waals surface area contributed by atoms with Crippen molar-refractivity contribution in [2.75, 3.05) is 5.73 Å². The highest BCUT2D eigenvalue weighted by atomic mass is 32.2. The van der Waals surface area contributed by atoms with Crippen LogP contribution in [-0.2, 0) is 10.0 Å². The van der Waals surface area contributed by atoms with Crippen molar-refractivity contribution in [2.45, 2.75) is 31.2 Å². The minimum Gasteiger partial charge on any atom is -0.366 e. The van der Waals surface area contributed by atoms with E-state index in [-0.39, 0.29) is 10.8 Å². The molecule has 24 heavy (non-hydrogen) atoms. The Balaban J connectivity index is 2.03. The van der Waals surface area contributed by atoms with Gasteiger partial charge in [0, 0.05) is 29.1 Å². The van der Waals surface area contributed by atoms with Crippen LogP contribution in [-0.4, -0.2) is 38.8 Å². The summed E-state index contributed by atoms with van der Waals surface area (Å²) >= 11 is 0. The molecule has 9 nitrogen and oxygen atoms in total. The Hall–Kier alpha value is -2.59. The summed E-state index contributed by atoms with van der Waals surface area (Å²) in [6.07, 6.45) is 4.41. The van der Waals surface area contributed by atoms with E-state index in [4.69, 9.17) is 5.73 Å². The molecule has 0 aliphatic heterocycles. The zero-order chi connectivity index (χ0) is 17.5. The van der Waals surface area contributed by atoms with Crippen molar-refractivity contribution in [1.29, 1.82) is 0 Å². The molecule has 0 atom stereocenters. The molecule has 3 N–H and O–H groups in total. The van der Waals surface area contributed by atoms with Crippen LogP contribution < -0.4 is 10.5 Å². The molecular weight excluding hydrogens is 330 g/mol. The Morgan fingerprint density at radius 1 is 1.12 bits per heavy atom. The van der Waals surface area contributed by atoms with E-state index in [0.717, 1.165) is 0 Å². The SMILES string of the molecule is CC(C)(C)NS(=O)(=O)c1cncc(-c2cnn3nc(N)nc3c2)c1. The fraction of sp³-hybridized carbons (Fsp3) is 0.286. The average Bonchev–Trinajstić information content (AvgIpc) is 2.84. The molecule has 0 amide bonds. The zero-order valence-electron chi connectivity index (χ0n) is 13.4. The first-order chi connectivity index (χ1) is 11.1. The van der Waals surface area contributed by atoms with Gasteiger partial charge in [0.2, 0.25) is 16.0 Å². The quantitative estimate of drug-likeness (QED) is 0.718.